The molecule has 5 rings (SSSR count). The molecule has 0 atom stereocenters. The Balaban J connectivity index is 1.22. The van der Waals surface area contributed by atoms with Crippen LogP contribution in [0.4, 0.5) is 15.2 Å². The van der Waals surface area contributed by atoms with Gasteiger partial charge in [0.25, 0.3) is 0 Å². The van der Waals surface area contributed by atoms with Gasteiger partial charge >= 0.3 is 0 Å². The topological polar surface area (TPSA) is 71.8 Å². The summed E-state index contributed by atoms with van der Waals surface area (Å²) in [5, 5.41) is 8.55. The third kappa shape index (κ3) is 4.03. The van der Waals surface area contributed by atoms with Gasteiger partial charge in [-0.1, -0.05) is 23.5 Å². The summed E-state index contributed by atoms with van der Waals surface area (Å²) in [6, 6.07) is 13.7. The number of nitrogens with one attached hydrogen (secondary N) is 1. The lowest BCUT2D eigenvalue weighted by molar-refractivity contribution is -0.120. The molecule has 0 saturated carbocycles. The van der Waals surface area contributed by atoms with Gasteiger partial charge in [0.1, 0.15) is 11.6 Å². The van der Waals surface area contributed by atoms with Crippen LogP contribution in [0, 0.1) is 11.7 Å². The molecule has 1 amide bonds. The minimum absolute atomic E-state index is 0.0204. The number of ether oxygens (including phenoxy) is 1. The number of imidazole rings is 1. The number of fused-ring (bicyclic) bond motifs is 1. The first-order chi connectivity index (χ1) is 15.6. The maximum atomic E-state index is 13.2. The van der Waals surface area contributed by atoms with Crippen molar-refractivity contribution in [3.63, 3.8) is 0 Å². The fourth-order valence-electron chi connectivity index (χ4n) is 3.89. The van der Waals surface area contributed by atoms with Crippen LogP contribution in [0.15, 0.2) is 54.7 Å². The number of methoxy groups -OCH3 is 1. The molecular weight excluding hydrogens is 429 g/mol. The molecule has 1 N–H and O–H groups in total. The highest BCUT2D eigenvalue weighted by molar-refractivity contribution is 7.20. The summed E-state index contributed by atoms with van der Waals surface area (Å²) in [5.41, 5.74) is 2.31. The van der Waals surface area contributed by atoms with Crippen molar-refractivity contribution in [3.8, 4) is 17.0 Å². The summed E-state index contributed by atoms with van der Waals surface area (Å²) in [5.74, 6) is 0.358. The molecule has 9 heteroatoms. The zero-order chi connectivity index (χ0) is 22.1. The summed E-state index contributed by atoms with van der Waals surface area (Å²) in [6.45, 7) is 1.51. The molecule has 0 aliphatic carbocycles. The van der Waals surface area contributed by atoms with E-state index in [1.54, 1.807) is 23.8 Å². The van der Waals surface area contributed by atoms with E-state index in [1.165, 1.54) is 23.5 Å². The van der Waals surface area contributed by atoms with Crippen LogP contribution in [-0.4, -0.2) is 40.7 Å². The second-order valence-electron chi connectivity index (χ2n) is 7.70. The highest BCUT2D eigenvalue weighted by atomic mass is 32.1. The number of hydrogen-bond donors (Lipinski definition) is 1. The predicted octanol–water partition coefficient (Wildman–Crippen LogP) is 4.46. The van der Waals surface area contributed by atoms with Crippen LogP contribution >= 0.6 is 11.3 Å². The maximum Gasteiger partial charge on any atom is 0.227 e. The molecular formula is C23H22FN5O2S. The lowest BCUT2D eigenvalue weighted by atomic mass is 9.96. The minimum atomic E-state index is -0.268. The molecule has 0 spiro atoms. The molecule has 2 aromatic heterocycles. The van der Waals surface area contributed by atoms with Crippen LogP contribution in [0.25, 0.3) is 16.2 Å². The first-order valence-corrected chi connectivity index (χ1v) is 11.2. The van der Waals surface area contributed by atoms with Gasteiger partial charge < -0.3 is 15.0 Å². The lowest BCUT2D eigenvalue weighted by Gasteiger charge is -2.30. The Morgan fingerprint density at radius 2 is 1.91 bits per heavy atom. The van der Waals surface area contributed by atoms with Gasteiger partial charge in [0, 0.05) is 24.6 Å². The van der Waals surface area contributed by atoms with E-state index in [9.17, 15) is 9.18 Å². The van der Waals surface area contributed by atoms with E-state index in [2.05, 4.69) is 20.3 Å². The molecule has 164 valence electrons. The Bertz CT molecular complexity index is 1210. The number of halogens is 1. The van der Waals surface area contributed by atoms with Crippen LogP contribution in [0.3, 0.4) is 0 Å². The number of carbonyl (C=O) groups excluding carboxylic acids is 1. The zero-order valence-electron chi connectivity index (χ0n) is 17.5. The average molecular weight is 452 g/mol. The molecule has 1 aliphatic heterocycles. The summed E-state index contributed by atoms with van der Waals surface area (Å²) < 4.78 is 20.2. The van der Waals surface area contributed by atoms with Crippen LogP contribution < -0.4 is 15.0 Å². The highest BCUT2D eigenvalue weighted by Gasteiger charge is 2.27. The standard InChI is InChI=1S/C23H22FN5O2S/c1-31-20-5-3-2-4-18(20)25-21(30)16-10-12-28(13-11-16)23-27-29-14-19(26-22(29)32-23)15-6-8-17(24)9-7-15/h2-9,14,16H,10-13H2,1H3,(H,25,30). The first kappa shape index (κ1) is 20.4. The van der Waals surface area contributed by atoms with E-state index in [4.69, 9.17) is 4.74 Å². The first-order valence-electron chi connectivity index (χ1n) is 10.4. The van der Waals surface area contributed by atoms with Gasteiger partial charge in [-0.15, -0.1) is 5.10 Å². The molecule has 7 nitrogen and oxygen atoms in total. The lowest BCUT2D eigenvalue weighted by Crippen LogP contribution is -2.38. The normalized spacial score (nSPS) is 14.6. The number of amides is 1. The Morgan fingerprint density at radius 3 is 2.62 bits per heavy atom. The number of hydrogen-bond acceptors (Lipinski definition) is 6. The van der Waals surface area contributed by atoms with Gasteiger partial charge in [0.15, 0.2) is 0 Å². The molecule has 1 fully saturated rings. The molecule has 0 unspecified atom stereocenters. The van der Waals surface area contributed by atoms with Crippen molar-refractivity contribution in [2.45, 2.75) is 12.8 Å². The van der Waals surface area contributed by atoms with Gasteiger partial charge in [0.2, 0.25) is 16.0 Å². The van der Waals surface area contributed by atoms with Gasteiger partial charge in [0.05, 0.1) is 24.7 Å². The molecule has 0 radical (unpaired) electrons. The Kier molecular flexibility index (Phi) is 5.48. The predicted molar refractivity (Wildman–Crippen MR) is 123 cm³/mol. The third-order valence-electron chi connectivity index (χ3n) is 5.67. The smallest absolute Gasteiger partial charge is 0.227 e. The second kappa shape index (κ2) is 8.58. The molecule has 2 aromatic carbocycles. The van der Waals surface area contributed by atoms with Gasteiger partial charge in [-0.2, -0.15) is 0 Å². The number of benzene rings is 2. The summed E-state index contributed by atoms with van der Waals surface area (Å²) in [4.78, 5) is 20.3. The van der Waals surface area contributed by atoms with Gasteiger partial charge in [-0.05, 0) is 49.2 Å². The Labute approximate surface area is 188 Å². The van der Waals surface area contributed by atoms with Gasteiger partial charge in [-0.3, -0.25) is 4.79 Å². The SMILES string of the molecule is COc1ccccc1NC(=O)C1CCN(c2nn3cc(-c4ccc(F)cc4)nc3s2)CC1. The monoisotopic (exact) mass is 451 g/mol. The fraction of sp³-hybridized carbons (Fsp3) is 0.261. The number of para-hydroxylation sites is 2. The van der Waals surface area contributed by atoms with E-state index >= 15 is 0 Å². The van der Waals surface area contributed by atoms with E-state index in [0.29, 0.717) is 11.4 Å². The summed E-state index contributed by atoms with van der Waals surface area (Å²) in [6.07, 6.45) is 3.36. The number of rotatable bonds is 5. The van der Waals surface area contributed by atoms with Crippen LogP contribution in [0.2, 0.25) is 0 Å². The number of aromatic nitrogens is 3. The van der Waals surface area contributed by atoms with E-state index in [1.807, 2.05) is 30.5 Å². The van der Waals surface area contributed by atoms with Gasteiger partial charge in [-0.25, -0.2) is 13.9 Å². The molecule has 4 aromatic rings. The molecule has 3 heterocycles. The number of anilines is 2. The van der Waals surface area contributed by atoms with Crippen LogP contribution in [0.5, 0.6) is 5.75 Å². The average Bonchev–Trinajstić information content (AvgIpc) is 3.40. The van der Waals surface area contributed by atoms with Crippen molar-refractivity contribution in [2.75, 3.05) is 30.4 Å². The molecule has 1 aliphatic rings. The highest BCUT2D eigenvalue weighted by Crippen LogP contribution is 2.31. The fourth-order valence-corrected chi connectivity index (χ4v) is 4.83. The van der Waals surface area contributed by atoms with Crippen molar-refractivity contribution in [1.82, 2.24) is 14.6 Å². The maximum absolute atomic E-state index is 13.2. The van der Waals surface area contributed by atoms with E-state index < -0.39 is 0 Å². The molecule has 0 bridgehead atoms. The van der Waals surface area contributed by atoms with E-state index in [0.717, 1.165) is 47.3 Å². The van der Waals surface area contributed by atoms with Crippen molar-refractivity contribution < 1.29 is 13.9 Å². The quantitative estimate of drug-likeness (QED) is 0.485. The summed E-state index contributed by atoms with van der Waals surface area (Å²) in [7, 11) is 1.59. The second-order valence-corrected chi connectivity index (χ2v) is 8.63. The zero-order valence-corrected chi connectivity index (χ0v) is 18.3. The van der Waals surface area contributed by atoms with Crippen molar-refractivity contribution in [2.24, 2.45) is 5.92 Å². The number of piperidine rings is 1. The van der Waals surface area contributed by atoms with Crippen molar-refractivity contribution >= 4 is 33.0 Å². The molecule has 1 saturated heterocycles. The Morgan fingerprint density at radius 1 is 1.16 bits per heavy atom. The third-order valence-corrected chi connectivity index (χ3v) is 6.66. The van der Waals surface area contributed by atoms with E-state index in [-0.39, 0.29) is 17.6 Å². The molecule has 32 heavy (non-hydrogen) atoms. The van der Waals surface area contributed by atoms with Crippen molar-refractivity contribution in [1.29, 1.82) is 0 Å². The number of nitrogens with zero attached hydrogens (tertiary/aromatic N) is 4. The number of carbonyl (C=O) groups is 1. The minimum Gasteiger partial charge on any atom is -0.495 e. The Hall–Kier alpha value is -3.46. The van der Waals surface area contributed by atoms with Crippen LogP contribution in [0.1, 0.15) is 12.8 Å². The largest absolute Gasteiger partial charge is 0.495 e. The summed E-state index contributed by atoms with van der Waals surface area (Å²) >= 11 is 1.52. The van der Waals surface area contributed by atoms with Crippen LogP contribution in [-0.2, 0) is 4.79 Å². The van der Waals surface area contributed by atoms with Crippen molar-refractivity contribution in [3.05, 3.63) is 60.5 Å².